The lowest BCUT2D eigenvalue weighted by molar-refractivity contribution is -0.0494. The molecule has 7 nitrogen and oxygen atoms in total. The van der Waals surface area contributed by atoms with E-state index in [1.807, 2.05) is 38.1 Å². The van der Waals surface area contributed by atoms with Crippen molar-refractivity contribution in [2.45, 2.75) is 69.6 Å². The van der Waals surface area contributed by atoms with E-state index in [2.05, 4.69) is 27.4 Å². The summed E-state index contributed by atoms with van der Waals surface area (Å²) in [7, 11) is 0. The van der Waals surface area contributed by atoms with E-state index >= 15 is 0 Å². The summed E-state index contributed by atoms with van der Waals surface area (Å²) in [5, 5.41) is 17.6. The van der Waals surface area contributed by atoms with E-state index in [1.54, 1.807) is 18.5 Å². The maximum Gasteiger partial charge on any atom is 0.254 e. The van der Waals surface area contributed by atoms with Crippen molar-refractivity contribution in [3.8, 4) is 0 Å². The number of nitrogens with zero attached hydrogens (tertiary/aromatic N) is 5. The van der Waals surface area contributed by atoms with Crippen molar-refractivity contribution in [2.75, 3.05) is 19.7 Å². The van der Waals surface area contributed by atoms with Gasteiger partial charge >= 0.3 is 0 Å². The molecule has 4 aliphatic heterocycles. The van der Waals surface area contributed by atoms with Crippen LogP contribution in [0.4, 0.5) is 8.78 Å². The van der Waals surface area contributed by atoms with E-state index in [9.17, 15) is 13.6 Å². The van der Waals surface area contributed by atoms with Gasteiger partial charge < -0.3 is 9.64 Å². The molecule has 0 saturated carbocycles. The second kappa shape index (κ2) is 9.25. The Bertz CT molecular complexity index is 1100. The van der Waals surface area contributed by atoms with Crippen LogP contribution < -0.4 is 0 Å². The van der Waals surface area contributed by atoms with Gasteiger partial charge in [-0.2, -0.15) is 20.5 Å². The minimum Gasteiger partial charge on any atom is -0.375 e. The van der Waals surface area contributed by atoms with Gasteiger partial charge in [0.15, 0.2) is 5.54 Å². The third-order valence-corrected chi connectivity index (χ3v) is 8.04. The highest BCUT2D eigenvalue weighted by Crippen LogP contribution is 2.46. The van der Waals surface area contributed by atoms with Gasteiger partial charge in [-0.15, -0.1) is 0 Å². The van der Waals surface area contributed by atoms with Gasteiger partial charge in [0.1, 0.15) is 5.54 Å². The molecule has 0 radical (unpaired) electrons. The van der Waals surface area contributed by atoms with Crippen molar-refractivity contribution in [1.29, 1.82) is 0 Å². The lowest BCUT2D eigenvalue weighted by Crippen LogP contribution is -2.44. The van der Waals surface area contributed by atoms with Crippen LogP contribution in [0.25, 0.3) is 0 Å². The van der Waals surface area contributed by atoms with Crippen LogP contribution in [0.3, 0.4) is 0 Å². The van der Waals surface area contributed by atoms with E-state index < -0.39 is 17.0 Å². The molecule has 1 aromatic rings. The monoisotopic (exact) mass is 497 g/mol. The molecule has 0 aliphatic carbocycles. The normalized spacial score (nSPS) is 33.1. The number of ether oxygens (including phenoxy) is 1. The molecule has 1 amide bonds. The van der Waals surface area contributed by atoms with Gasteiger partial charge in [-0.1, -0.05) is 26.8 Å². The number of alkyl halides is 2. The fourth-order valence-corrected chi connectivity index (χ4v) is 5.64. The number of piperidine rings is 1. The summed E-state index contributed by atoms with van der Waals surface area (Å²) in [6, 6.07) is 5.67. The molecule has 5 rings (SSSR count). The Labute approximate surface area is 210 Å². The number of carbonyl (C=O) groups excluding carboxylic acids is 1. The molecular formula is C27H33F2N5O2. The molecule has 0 bridgehead atoms. The van der Waals surface area contributed by atoms with Crippen LogP contribution in [0, 0.1) is 11.8 Å². The van der Waals surface area contributed by atoms with Crippen molar-refractivity contribution >= 4 is 5.91 Å². The minimum atomic E-state index is -2.73. The summed E-state index contributed by atoms with van der Waals surface area (Å²) in [6.07, 6.45) is 8.28. The summed E-state index contributed by atoms with van der Waals surface area (Å²) in [5.41, 5.74) is 0.390. The van der Waals surface area contributed by atoms with Crippen molar-refractivity contribution in [1.82, 2.24) is 4.90 Å². The van der Waals surface area contributed by atoms with Gasteiger partial charge in [0.05, 0.1) is 6.10 Å². The number of hydrogen-bond donors (Lipinski definition) is 0. The highest BCUT2D eigenvalue weighted by molar-refractivity contribution is 5.96. The average Bonchev–Trinajstić information content (AvgIpc) is 3.56. The number of rotatable bonds is 5. The van der Waals surface area contributed by atoms with Gasteiger partial charge in [-0.25, -0.2) is 8.78 Å². The Morgan fingerprint density at radius 3 is 2.39 bits per heavy atom. The second-order valence-electron chi connectivity index (χ2n) is 10.8. The van der Waals surface area contributed by atoms with Crippen LogP contribution >= 0.6 is 0 Å². The maximum atomic E-state index is 13.8. The molecule has 2 saturated heterocycles. The fourth-order valence-electron chi connectivity index (χ4n) is 5.64. The van der Waals surface area contributed by atoms with Crippen molar-refractivity contribution in [3.05, 3.63) is 59.4 Å². The van der Waals surface area contributed by atoms with Crippen LogP contribution in [0.15, 0.2) is 63.2 Å². The first kappa shape index (κ1) is 24.9. The smallest absolute Gasteiger partial charge is 0.254 e. The molecule has 192 valence electrons. The standard InChI is InChI=1S/C27H33F2N5O2/c1-18(2)26(8-12-30-32-26)22-16-20(27(9-13-31-33-27)23-7-4-19(3)17-36-23)5-6-21(22)24(35)34-14-10-25(28,29)11-15-34/h5-6,8-9,12-13,16,18-19,23H,4,7,10-11,14-15,17H2,1-3H3/t19-,23?,26?,27?/m0/s1. The number of carbonyl (C=O) groups is 1. The summed E-state index contributed by atoms with van der Waals surface area (Å²) >= 11 is 0. The second-order valence-corrected chi connectivity index (χ2v) is 10.8. The van der Waals surface area contributed by atoms with Gasteiger partial charge in [-0.3, -0.25) is 4.79 Å². The predicted octanol–water partition coefficient (Wildman–Crippen LogP) is 6.38. The van der Waals surface area contributed by atoms with Gasteiger partial charge in [0, 0.05) is 50.5 Å². The molecule has 3 unspecified atom stereocenters. The number of halogens is 2. The van der Waals surface area contributed by atoms with E-state index in [1.165, 1.54) is 4.90 Å². The lowest BCUT2D eigenvalue weighted by Gasteiger charge is -2.38. The van der Waals surface area contributed by atoms with E-state index in [0.717, 1.165) is 18.4 Å². The Morgan fingerprint density at radius 2 is 1.81 bits per heavy atom. The number of hydrogen-bond acceptors (Lipinski definition) is 6. The molecule has 0 aromatic heterocycles. The molecule has 4 heterocycles. The molecule has 2 fully saturated rings. The van der Waals surface area contributed by atoms with E-state index in [4.69, 9.17) is 4.74 Å². The molecule has 36 heavy (non-hydrogen) atoms. The number of benzene rings is 1. The van der Waals surface area contributed by atoms with Crippen molar-refractivity contribution in [2.24, 2.45) is 32.3 Å². The molecule has 1 aromatic carbocycles. The van der Waals surface area contributed by atoms with Crippen LogP contribution in [-0.2, 0) is 15.8 Å². The summed E-state index contributed by atoms with van der Waals surface area (Å²) in [6.45, 7) is 6.95. The average molecular weight is 498 g/mol. The Morgan fingerprint density at radius 1 is 1.08 bits per heavy atom. The summed E-state index contributed by atoms with van der Waals surface area (Å²) in [5.74, 6) is -2.50. The Balaban J connectivity index is 1.59. The number of amides is 1. The zero-order valence-corrected chi connectivity index (χ0v) is 21.0. The van der Waals surface area contributed by atoms with Crippen LogP contribution in [0.5, 0.6) is 0 Å². The zero-order valence-electron chi connectivity index (χ0n) is 21.0. The number of likely N-dealkylation sites (tertiary alicyclic amines) is 1. The first-order chi connectivity index (χ1) is 17.2. The van der Waals surface area contributed by atoms with Crippen LogP contribution in [0.2, 0.25) is 0 Å². The SMILES string of the molecule is CC(C)C1(c2cc(C3(C4CC[C@H](C)CO4)C=CN=N3)ccc2C(=O)N2CCC(F)(F)CC2)C=CN=N1. The molecular weight excluding hydrogens is 464 g/mol. The van der Waals surface area contributed by atoms with Crippen molar-refractivity contribution < 1.29 is 18.3 Å². The highest BCUT2D eigenvalue weighted by Gasteiger charge is 2.46. The first-order valence-electron chi connectivity index (χ1n) is 12.8. The Kier molecular flexibility index (Phi) is 6.39. The molecule has 0 N–H and O–H groups in total. The van der Waals surface area contributed by atoms with Crippen molar-refractivity contribution in [3.63, 3.8) is 0 Å². The molecule has 4 atom stereocenters. The number of azo groups is 2. The van der Waals surface area contributed by atoms with Crippen LogP contribution in [-0.4, -0.2) is 42.5 Å². The highest BCUT2D eigenvalue weighted by atomic mass is 19.3. The van der Waals surface area contributed by atoms with Gasteiger partial charge in [-0.05, 0) is 60.1 Å². The summed E-state index contributed by atoms with van der Waals surface area (Å²) < 4.78 is 33.8. The quantitative estimate of drug-likeness (QED) is 0.473. The van der Waals surface area contributed by atoms with Crippen LogP contribution in [0.1, 0.15) is 67.9 Å². The van der Waals surface area contributed by atoms with Gasteiger partial charge in [0.2, 0.25) is 0 Å². The fraction of sp³-hybridized carbons (Fsp3) is 0.593. The first-order valence-corrected chi connectivity index (χ1v) is 12.8. The molecule has 4 aliphatic rings. The maximum absolute atomic E-state index is 13.8. The minimum absolute atomic E-state index is 0.00374. The van der Waals surface area contributed by atoms with Gasteiger partial charge in [0.25, 0.3) is 11.8 Å². The largest absolute Gasteiger partial charge is 0.375 e. The van der Waals surface area contributed by atoms with E-state index in [-0.39, 0.29) is 43.9 Å². The Hall–Kier alpha value is -2.81. The lowest BCUT2D eigenvalue weighted by atomic mass is 9.74. The topological polar surface area (TPSA) is 79.0 Å². The predicted molar refractivity (Wildman–Crippen MR) is 131 cm³/mol. The van der Waals surface area contributed by atoms with E-state index in [0.29, 0.717) is 23.7 Å². The third kappa shape index (κ3) is 4.21. The zero-order chi connectivity index (χ0) is 25.6. The summed E-state index contributed by atoms with van der Waals surface area (Å²) in [4.78, 5) is 15.2. The molecule has 0 spiro atoms. The third-order valence-electron chi connectivity index (χ3n) is 8.04. The molecule has 9 heteroatoms.